The Balaban J connectivity index is 2.17. The zero-order valence-electron chi connectivity index (χ0n) is 10.2. The van der Waals surface area contributed by atoms with Gasteiger partial charge in [0.25, 0.3) is 0 Å². The molecule has 17 heavy (non-hydrogen) atoms. The number of aryl methyl sites for hydroxylation is 1. The lowest BCUT2D eigenvalue weighted by Gasteiger charge is -2.23. The van der Waals surface area contributed by atoms with Crippen molar-refractivity contribution in [3.63, 3.8) is 0 Å². The first kappa shape index (κ1) is 10.4. The second-order valence-corrected chi connectivity index (χ2v) is 4.74. The first-order valence-corrected chi connectivity index (χ1v) is 6.01. The smallest absolute Gasteiger partial charge is 0.146 e. The van der Waals surface area contributed by atoms with E-state index in [1.54, 1.807) is 0 Å². The number of nitrogens with two attached hydrogens (primary N) is 1. The minimum Gasteiger partial charge on any atom is -0.383 e. The first-order valence-electron chi connectivity index (χ1n) is 6.01. The second kappa shape index (κ2) is 3.61. The van der Waals surface area contributed by atoms with Gasteiger partial charge in [0.2, 0.25) is 0 Å². The van der Waals surface area contributed by atoms with Crippen LogP contribution in [0.2, 0.25) is 0 Å². The quantitative estimate of drug-likeness (QED) is 0.808. The molecule has 3 heterocycles. The Kier molecular flexibility index (Phi) is 2.21. The number of hydrogen-bond acceptors (Lipinski definition) is 4. The molecule has 1 saturated heterocycles. The minimum atomic E-state index is 0.559. The number of nitrogen functional groups attached to an aromatic ring is 1. The molecule has 0 bridgehead atoms. The maximum Gasteiger partial charge on any atom is 0.146 e. The third kappa shape index (κ3) is 1.45. The molecular formula is C12H17N5. The van der Waals surface area contributed by atoms with Crippen LogP contribution in [-0.4, -0.2) is 27.1 Å². The lowest BCUT2D eigenvalue weighted by Crippen LogP contribution is -2.27. The van der Waals surface area contributed by atoms with E-state index in [9.17, 15) is 0 Å². The third-order valence-corrected chi connectivity index (χ3v) is 3.68. The molecule has 0 aliphatic carbocycles. The Bertz CT molecular complexity index is 559. The molecule has 5 heteroatoms. The number of aromatic nitrogens is 3. The largest absolute Gasteiger partial charge is 0.383 e. The average molecular weight is 231 g/mol. The van der Waals surface area contributed by atoms with Crippen LogP contribution in [-0.2, 0) is 7.05 Å². The summed E-state index contributed by atoms with van der Waals surface area (Å²) in [6.45, 7) is 3.37. The summed E-state index contributed by atoms with van der Waals surface area (Å²) < 4.78 is 2.11. The molecule has 1 aliphatic heterocycles. The molecule has 0 amide bonds. The van der Waals surface area contributed by atoms with Crippen molar-refractivity contribution in [3.05, 3.63) is 12.4 Å². The highest BCUT2D eigenvalue weighted by Crippen LogP contribution is 2.31. The molecule has 2 aromatic rings. The van der Waals surface area contributed by atoms with Crippen LogP contribution in [0.3, 0.4) is 0 Å². The zero-order valence-corrected chi connectivity index (χ0v) is 10.2. The predicted molar refractivity (Wildman–Crippen MR) is 69.0 cm³/mol. The fourth-order valence-corrected chi connectivity index (χ4v) is 2.69. The van der Waals surface area contributed by atoms with Crippen LogP contribution in [0.15, 0.2) is 12.4 Å². The zero-order chi connectivity index (χ0) is 12.0. The van der Waals surface area contributed by atoms with Gasteiger partial charge in [-0.1, -0.05) is 0 Å². The van der Waals surface area contributed by atoms with Crippen LogP contribution in [0.5, 0.6) is 0 Å². The highest BCUT2D eigenvalue weighted by molar-refractivity contribution is 5.90. The van der Waals surface area contributed by atoms with Crippen molar-refractivity contribution < 1.29 is 0 Å². The Labute approximate surface area is 100 Å². The van der Waals surface area contributed by atoms with Gasteiger partial charge in [0.1, 0.15) is 23.6 Å². The monoisotopic (exact) mass is 231 g/mol. The highest BCUT2D eigenvalue weighted by atomic mass is 15.3. The van der Waals surface area contributed by atoms with Crippen LogP contribution in [0.25, 0.3) is 11.0 Å². The van der Waals surface area contributed by atoms with Crippen molar-refractivity contribution in [2.75, 3.05) is 17.2 Å². The molecule has 3 rings (SSSR count). The topological polar surface area (TPSA) is 60.0 Å². The Morgan fingerprint density at radius 1 is 1.41 bits per heavy atom. The number of fused-ring (bicyclic) bond motifs is 1. The average Bonchev–Trinajstić information content (AvgIpc) is 2.85. The maximum atomic E-state index is 5.89. The lowest BCUT2D eigenvalue weighted by atomic mass is 10.2. The van der Waals surface area contributed by atoms with Gasteiger partial charge < -0.3 is 15.2 Å². The highest BCUT2D eigenvalue weighted by Gasteiger charge is 2.24. The van der Waals surface area contributed by atoms with Gasteiger partial charge in [-0.25, -0.2) is 9.97 Å². The summed E-state index contributed by atoms with van der Waals surface area (Å²) in [5.74, 6) is 1.75. The molecule has 0 aromatic carbocycles. The third-order valence-electron chi connectivity index (χ3n) is 3.68. The summed E-state index contributed by atoms with van der Waals surface area (Å²) >= 11 is 0. The molecule has 5 nitrogen and oxygen atoms in total. The summed E-state index contributed by atoms with van der Waals surface area (Å²) in [6.07, 6.45) is 4.03. The Morgan fingerprint density at radius 2 is 2.24 bits per heavy atom. The standard InChI is InChI=1S/C12H17N5/c1-8-4-3-5-17(8)10-6-9-11(13)14-7-15-12(9)16(10)2/h6-8H,3-5H2,1-2H3,(H2,13,14,15)/t8-/m1/s1. The molecule has 2 aromatic heterocycles. The molecule has 0 saturated carbocycles. The fraction of sp³-hybridized carbons (Fsp3) is 0.500. The molecule has 90 valence electrons. The van der Waals surface area contributed by atoms with Gasteiger partial charge in [0.05, 0.1) is 5.39 Å². The summed E-state index contributed by atoms with van der Waals surface area (Å²) in [5.41, 5.74) is 6.80. The molecule has 1 fully saturated rings. The van der Waals surface area contributed by atoms with E-state index in [1.807, 2.05) is 7.05 Å². The van der Waals surface area contributed by atoms with Gasteiger partial charge >= 0.3 is 0 Å². The van der Waals surface area contributed by atoms with Gasteiger partial charge in [0.15, 0.2) is 0 Å². The van der Waals surface area contributed by atoms with Crippen molar-refractivity contribution in [3.8, 4) is 0 Å². The maximum absolute atomic E-state index is 5.89. The van der Waals surface area contributed by atoms with E-state index in [-0.39, 0.29) is 0 Å². The lowest BCUT2D eigenvalue weighted by molar-refractivity contribution is 0.712. The number of nitrogens with zero attached hydrogens (tertiary/aromatic N) is 4. The molecule has 0 unspecified atom stereocenters. The van der Waals surface area contributed by atoms with Crippen LogP contribution >= 0.6 is 0 Å². The van der Waals surface area contributed by atoms with Crippen LogP contribution in [0, 0.1) is 0 Å². The van der Waals surface area contributed by atoms with Gasteiger partial charge in [-0.3, -0.25) is 0 Å². The van der Waals surface area contributed by atoms with Gasteiger partial charge in [-0.15, -0.1) is 0 Å². The summed E-state index contributed by atoms with van der Waals surface area (Å²) in [7, 11) is 2.04. The van der Waals surface area contributed by atoms with E-state index in [0.717, 1.165) is 17.6 Å². The molecule has 2 N–H and O–H groups in total. The van der Waals surface area contributed by atoms with Crippen LogP contribution in [0.1, 0.15) is 19.8 Å². The summed E-state index contributed by atoms with van der Waals surface area (Å²) in [4.78, 5) is 10.8. The number of rotatable bonds is 1. The van der Waals surface area contributed by atoms with Crippen molar-refractivity contribution in [1.82, 2.24) is 14.5 Å². The summed E-state index contributed by atoms with van der Waals surface area (Å²) in [6, 6.07) is 2.69. The van der Waals surface area contributed by atoms with E-state index in [1.165, 1.54) is 25.0 Å². The van der Waals surface area contributed by atoms with Crippen LogP contribution < -0.4 is 10.6 Å². The number of hydrogen-bond donors (Lipinski definition) is 1. The van der Waals surface area contributed by atoms with E-state index in [4.69, 9.17) is 5.73 Å². The summed E-state index contributed by atoms with van der Waals surface area (Å²) in [5, 5.41) is 0.948. The fourth-order valence-electron chi connectivity index (χ4n) is 2.69. The van der Waals surface area contributed by atoms with Crippen molar-refractivity contribution in [2.45, 2.75) is 25.8 Å². The number of anilines is 2. The molecule has 1 aliphatic rings. The van der Waals surface area contributed by atoms with Crippen molar-refractivity contribution >= 4 is 22.7 Å². The Morgan fingerprint density at radius 3 is 2.88 bits per heavy atom. The normalized spacial score (nSPS) is 20.4. The molecule has 1 atom stereocenters. The minimum absolute atomic E-state index is 0.559. The molecule has 0 radical (unpaired) electrons. The van der Waals surface area contributed by atoms with E-state index in [2.05, 4.69) is 32.4 Å². The van der Waals surface area contributed by atoms with Crippen molar-refractivity contribution in [1.29, 1.82) is 0 Å². The first-order chi connectivity index (χ1) is 8.18. The van der Waals surface area contributed by atoms with Crippen LogP contribution in [0.4, 0.5) is 11.6 Å². The second-order valence-electron chi connectivity index (χ2n) is 4.74. The van der Waals surface area contributed by atoms with Gasteiger partial charge in [0, 0.05) is 19.6 Å². The van der Waals surface area contributed by atoms with Gasteiger partial charge in [-0.05, 0) is 25.8 Å². The van der Waals surface area contributed by atoms with E-state index in [0.29, 0.717) is 11.9 Å². The van der Waals surface area contributed by atoms with Crippen molar-refractivity contribution in [2.24, 2.45) is 7.05 Å². The molecular weight excluding hydrogens is 214 g/mol. The van der Waals surface area contributed by atoms with E-state index >= 15 is 0 Å². The predicted octanol–water partition coefficient (Wildman–Crippen LogP) is 1.54. The SMILES string of the molecule is C[C@@H]1CCCN1c1cc2c(N)ncnc2n1C. The van der Waals surface area contributed by atoms with Gasteiger partial charge in [-0.2, -0.15) is 0 Å². The Hall–Kier alpha value is -1.78. The molecule has 0 spiro atoms. The van der Waals surface area contributed by atoms with E-state index < -0.39 is 0 Å².